The minimum absolute atomic E-state index is 0.125. The van der Waals surface area contributed by atoms with E-state index >= 15 is 0 Å². The number of hydrogen-bond acceptors (Lipinski definition) is 4. The normalized spacial score (nSPS) is 11.0. The molecule has 0 fully saturated rings. The molecule has 108 valence electrons. The van der Waals surface area contributed by atoms with Crippen molar-refractivity contribution in [2.24, 2.45) is 0 Å². The van der Waals surface area contributed by atoms with Gasteiger partial charge in [-0.25, -0.2) is 0 Å². The zero-order chi connectivity index (χ0) is 15.3. The molecular weight excluding hydrogens is 291 g/mol. The van der Waals surface area contributed by atoms with E-state index in [4.69, 9.17) is 10.00 Å². The predicted octanol–water partition coefficient (Wildman–Crippen LogP) is 3.58. The monoisotopic (exact) mass is 303 g/mol. The molecule has 1 aromatic carbocycles. The number of rotatable bonds is 4. The van der Waals surface area contributed by atoms with Crippen molar-refractivity contribution >= 4 is 17.7 Å². The lowest BCUT2D eigenvalue weighted by Gasteiger charge is -2.13. The molecular formula is C13H12F3NO2S. The summed E-state index contributed by atoms with van der Waals surface area (Å²) < 4.78 is 42.3. The average Bonchev–Trinajstić information content (AvgIpc) is 2.32. The zero-order valence-electron chi connectivity index (χ0n) is 10.9. The first-order valence-electron chi connectivity index (χ1n) is 5.72. The van der Waals surface area contributed by atoms with Crippen LogP contribution in [0.15, 0.2) is 17.0 Å². The fourth-order valence-electron chi connectivity index (χ4n) is 1.61. The summed E-state index contributed by atoms with van der Waals surface area (Å²) >= 11 is -0.341. The van der Waals surface area contributed by atoms with Gasteiger partial charge in [-0.05, 0) is 36.7 Å². The molecule has 0 unspecified atom stereocenters. The Morgan fingerprint density at radius 3 is 2.60 bits per heavy atom. The molecule has 1 rings (SSSR count). The highest BCUT2D eigenvalue weighted by Crippen LogP contribution is 2.41. The van der Waals surface area contributed by atoms with Crippen LogP contribution in [-0.4, -0.2) is 18.1 Å². The van der Waals surface area contributed by atoms with Crippen LogP contribution in [0, 0.1) is 18.3 Å². The van der Waals surface area contributed by atoms with Crippen molar-refractivity contribution in [1.29, 1.82) is 5.26 Å². The topological polar surface area (TPSA) is 50.1 Å². The van der Waals surface area contributed by atoms with Gasteiger partial charge in [-0.15, -0.1) is 0 Å². The van der Waals surface area contributed by atoms with Crippen molar-refractivity contribution < 1.29 is 22.7 Å². The second kappa shape index (κ2) is 6.66. The number of halogens is 3. The summed E-state index contributed by atoms with van der Waals surface area (Å²) in [6.45, 7) is 3.29. The summed E-state index contributed by atoms with van der Waals surface area (Å²) in [4.78, 5) is 11.2. The van der Waals surface area contributed by atoms with Crippen LogP contribution in [-0.2, 0) is 16.0 Å². The van der Waals surface area contributed by atoms with E-state index in [0.717, 1.165) is 0 Å². The highest BCUT2D eigenvalue weighted by molar-refractivity contribution is 8.00. The molecule has 3 nitrogen and oxygen atoms in total. The average molecular weight is 303 g/mol. The van der Waals surface area contributed by atoms with Gasteiger partial charge in [0.25, 0.3) is 0 Å². The molecule has 0 amide bonds. The number of benzene rings is 1. The molecule has 0 saturated heterocycles. The first-order valence-corrected chi connectivity index (χ1v) is 6.54. The lowest BCUT2D eigenvalue weighted by atomic mass is 10.0. The Kier molecular flexibility index (Phi) is 5.45. The van der Waals surface area contributed by atoms with E-state index in [-0.39, 0.29) is 40.8 Å². The molecule has 0 spiro atoms. The van der Waals surface area contributed by atoms with Crippen molar-refractivity contribution in [3.63, 3.8) is 0 Å². The number of thioether (sulfide) groups is 1. The van der Waals surface area contributed by atoms with E-state index in [9.17, 15) is 18.0 Å². The molecule has 0 aliphatic carbocycles. The summed E-state index contributed by atoms with van der Waals surface area (Å²) in [5, 5.41) is 9.08. The van der Waals surface area contributed by atoms with Crippen LogP contribution < -0.4 is 0 Å². The van der Waals surface area contributed by atoms with Crippen molar-refractivity contribution in [2.75, 3.05) is 6.61 Å². The Hall–Kier alpha value is -1.68. The van der Waals surface area contributed by atoms with E-state index in [1.165, 1.54) is 19.1 Å². The van der Waals surface area contributed by atoms with Crippen LogP contribution in [0.4, 0.5) is 13.2 Å². The molecule has 7 heteroatoms. The molecule has 0 aromatic heterocycles. The molecule has 0 saturated carbocycles. The van der Waals surface area contributed by atoms with Gasteiger partial charge in [0, 0.05) is 4.90 Å². The minimum Gasteiger partial charge on any atom is -0.466 e. The van der Waals surface area contributed by atoms with Crippen molar-refractivity contribution in [3.05, 3.63) is 28.8 Å². The van der Waals surface area contributed by atoms with Gasteiger partial charge in [-0.3, -0.25) is 4.79 Å². The summed E-state index contributed by atoms with van der Waals surface area (Å²) in [6, 6.07) is 4.69. The summed E-state index contributed by atoms with van der Waals surface area (Å²) in [7, 11) is 0. The number of ether oxygens (including phenoxy) is 1. The van der Waals surface area contributed by atoms with Gasteiger partial charge in [0.1, 0.15) is 6.07 Å². The summed E-state index contributed by atoms with van der Waals surface area (Å²) in [5.41, 5.74) is -4.03. The third-order valence-corrected chi connectivity index (χ3v) is 3.37. The van der Waals surface area contributed by atoms with Crippen molar-refractivity contribution in [1.82, 2.24) is 0 Å². The standard InChI is InChI=1S/C13H12F3NO2S/c1-3-19-11(18)6-9-5-4-8(2)12(10(9)7-17)20-13(14,15)16/h4-5H,3,6H2,1-2H3. The first-order chi connectivity index (χ1) is 9.28. The molecule has 0 aliphatic heterocycles. The number of carbonyl (C=O) groups is 1. The Labute approximate surface area is 118 Å². The van der Waals surface area contributed by atoms with Gasteiger partial charge in [-0.2, -0.15) is 18.4 Å². The summed E-state index contributed by atoms with van der Waals surface area (Å²) in [5.74, 6) is -0.573. The maximum atomic E-state index is 12.5. The Bertz CT molecular complexity index is 550. The summed E-state index contributed by atoms with van der Waals surface area (Å²) in [6.07, 6.45) is -0.220. The Morgan fingerprint density at radius 1 is 1.45 bits per heavy atom. The van der Waals surface area contributed by atoms with Crippen LogP contribution in [0.1, 0.15) is 23.6 Å². The zero-order valence-corrected chi connectivity index (χ0v) is 11.7. The lowest BCUT2D eigenvalue weighted by Crippen LogP contribution is -2.10. The van der Waals surface area contributed by atoms with Crippen LogP contribution in [0.5, 0.6) is 0 Å². The molecule has 0 atom stereocenters. The number of hydrogen-bond donors (Lipinski definition) is 0. The fourth-order valence-corrected chi connectivity index (χ4v) is 2.35. The molecule has 0 aliphatic rings. The van der Waals surface area contributed by atoms with Gasteiger partial charge in [-0.1, -0.05) is 12.1 Å². The number of esters is 1. The Morgan fingerprint density at radius 2 is 2.10 bits per heavy atom. The molecule has 0 heterocycles. The van der Waals surface area contributed by atoms with Crippen molar-refractivity contribution in [3.8, 4) is 6.07 Å². The number of nitrogens with zero attached hydrogens (tertiary/aromatic N) is 1. The molecule has 0 N–H and O–H groups in total. The number of aryl methyl sites for hydroxylation is 1. The van der Waals surface area contributed by atoms with Gasteiger partial charge in [0.15, 0.2) is 0 Å². The van der Waals surface area contributed by atoms with Crippen LogP contribution in [0.25, 0.3) is 0 Å². The SMILES string of the molecule is CCOC(=O)Cc1ccc(C)c(SC(F)(F)F)c1C#N. The minimum atomic E-state index is -4.49. The van der Waals surface area contributed by atoms with E-state index < -0.39 is 11.5 Å². The number of nitriles is 1. The van der Waals surface area contributed by atoms with Gasteiger partial charge in [0.2, 0.25) is 0 Å². The van der Waals surface area contributed by atoms with Gasteiger partial charge >= 0.3 is 11.5 Å². The highest BCUT2D eigenvalue weighted by atomic mass is 32.2. The third-order valence-electron chi connectivity index (χ3n) is 2.41. The quantitative estimate of drug-likeness (QED) is 0.630. The highest BCUT2D eigenvalue weighted by Gasteiger charge is 2.32. The Balaban J connectivity index is 3.18. The third kappa shape index (κ3) is 4.46. The van der Waals surface area contributed by atoms with E-state index in [2.05, 4.69) is 0 Å². The predicted molar refractivity (Wildman–Crippen MR) is 68.1 cm³/mol. The molecule has 0 bridgehead atoms. The van der Waals surface area contributed by atoms with Crippen molar-refractivity contribution in [2.45, 2.75) is 30.7 Å². The maximum Gasteiger partial charge on any atom is 0.446 e. The largest absolute Gasteiger partial charge is 0.466 e. The van der Waals surface area contributed by atoms with Crippen LogP contribution in [0.2, 0.25) is 0 Å². The van der Waals surface area contributed by atoms with E-state index in [1.54, 1.807) is 13.0 Å². The first kappa shape index (κ1) is 16.4. The molecule has 20 heavy (non-hydrogen) atoms. The fraction of sp³-hybridized carbons (Fsp3) is 0.385. The number of alkyl halides is 3. The number of carbonyl (C=O) groups excluding carboxylic acids is 1. The van der Waals surface area contributed by atoms with E-state index in [1.807, 2.05) is 0 Å². The lowest BCUT2D eigenvalue weighted by molar-refractivity contribution is -0.142. The van der Waals surface area contributed by atoms with Gasteiger partial charge in [0.05, 0.1) is 18.6 Å². The maximum absolute atomic E-state index is 12.5. The van der Waals surface area contributed by atoms with Crippen LogP contribution >= 0.6 is 11.8 Å². The molecule has 1 aromatic rings. The van der Waals surface area contributed by atoms with Crippen LogP contribution in [0.3, 0.4) is 0 Å². The second-order valence-electron chi connectivity index (χ2n) is 3.89. The second-order valence-corrected chi connectivity index (χ2v) is 4.96. The van der Waals surface area contributed by atoms with Gasteiger partial charge < -0.3 is 4.74 Å². The van der Waals surface area contributed by atoms with E-state index in [0.29, 0.717) is 5.56 Å². The smallest absolute Gasteiger partial charge is 0.446 e. The molecule has 0 radical (unpaired) electrons.